The zero-order valence-corrected chi connectivity index (χ0v) is 11.3. The molecule has 0 atom stereocenters. The van der Waals surface area contributed by atoms with Crippen LogP contribution in [0.2, 0.25) is 0 Å². The number of hydrogen-bond acceptors (Lipinski definition) is 2. The third-order valence-corrected chi connectivity index (χ3v) is 3.01. The van der Waals surface area contributed by atoms with Crippen LogP contribution < -0.4 is 5.56 Å². The van der Waals surface area contributed by atoms with Crippen molar-refractivity contribution in [2.45, 2.75) is 12.3 Å². The summed E-state index contributed by atoms with van der Waals surface area (Å²) in [5.41, 5.74) is 1.51. The molecule has 3 nitrogen and oxygen atoms in total. The van der Waals surface area contributed by atoms with E-state index in [4.69, 9.17) is 11.6 Å². The molecule has 0 unspecified atom stereocenters. The van der Waals surface area contributed by atoms with Crippen molar-refractivity contribution in [2.75, 3.05) is 0 Å². The molecule has 0 aliphatic rings. The van der Waals surface area contributed by atoms with E-state index < -0.39 is 0 Å². The van der Waals surface area contributed by atoms with Crippen LogP contribution >= 0.6 is 27.5 Å². The van der Waals surface area contributed by atoms with E-state index in [1.54, 1.807) is 0 Å². The van der Waals surface area contributed by atoms with Crippen molar-refractivity contribution in [1.29, 1.82) is 0 Å². The van der Waals surface area contributed by atoms with Crippen LogP contribution in [0.15, 0.2) is 39.6 Å². The summed E-state index contributed by atoms with van der Waals surface area (Å²) in [4.78, 5) is 18.3. The van der Waals surface area contributed by atoms with Gasteiger partial charge in [-0.3, -0.25) is 4.79 Å². The Balaban J connectivity index is 2.29. The van der Waals surface area contributed by atoms with Crippen molar-refractivity contribution in [2.24, 2.45) is 0 Å². The van der Waals surface area contributed by atoms with E-state index in [1.807, 2.05) is 24.3 Å². The maximum atomic E-state index is 11.4. The summed E-state index contributed by atoms with van der Waals surface area (Å²) in [6, 6.07) is 9.29. The molecular weight excluding hydrogens is 304 g/mol. The lowest BCUT2D eigenvalue weighted by Gasteiger charge is -2.03. The van der Waals surface area contributed by atoms with Gasteiger partial charge in [-0.25, -0.2) is 4.98 Å². The highest BCUT2D eigenvalue weighted by Crippen LogP contribution is 2.13. The standard InChI is InChI=1S/C12H10BrClN2O/c13-9-3-1-2-8(4-9)5-11-15-10(7-14)6-12(17)16-11/h1-4,6H,5,7H2,(H,15,16,17). The van der Waals surface area contributed by atoms with E-state index in [1.165, 1.54) is 6.07 Å². The predicted octanol–water partition coefficient (Wildman–Crippen LogP) is 2.86. The fourth-order valence-electron chi connectivity index (χ4n) is 1.56. The molecule has 0 amide bonds. The van der Waals surface area contributed by atoms with Gasteiger partial charge in [0.25, 0.3) is 5.56 Å². The summed E-state index contributed by atoms with van der Waals surface area (Å²) in [5, 5.41) is 0. The molecule has 0 saturated carbocycles. The van der Waals surface area contributed by atoms with Crippen molar-refractivity contribution >= 4 is 27.5 Å². The Kier molecular flexibility index (Phi) is 3.97. The lowest BCUT2D eigenvalue weighted by Crippen LogP contribution is -2.12. The van der Waals surface area contributed by atoms with E-state index in [0.29, 0.717) is 17.9 Å². The fourth-order valence-corrected chi connectivity index (χ4v) is 2.14. The maximum Gasteiger partial charge on any atom is 0.251 e. The van der Waals surface area contributed by atoms with Crippen LogP contribution in [0.4, 0.5) is 0 Å². The third-order valence-electron chi connectivity index (χ3n) is 2.24. The van der Waals surface area contributed by atoms with Crippen LogP contribution in [0.3, 0.4) is 0 Å². The lowest BCUT2D eigenvalue weighted by molar-refractivity contribution is 0.915. The molecular formula is C12H10BrClN2O. The van der Waals surface area contributed by atoms with Gasteiger partial charge < -0.3 is 4.98 Å². The zero-order valence-electron chi connectivity index (χ0n) is 8.91. The van der Waals surface area contributed by atoms with Crippen molar-refractivity contribution in [3.05, 3.63) is 62.2 Å². The van der Waals surface area contributed by atoms with Gasteiger partial charge in [0, 0.05) is 17.0 Å². The zero-order chi connectivity index (χ0) is 12.3. The van der Waals surface area contributed by atoms with Crippen LogP contribution in [0.1, 0.15) is 17.1 Å². The topological polar surface area (TPSA) is 45.8 Å². The number of rotatable bonds is 3. The minimum absolute atomic E-state index is 0.166. The molecule has 0 fully saturated rings. The first-order chi connectivity index (χ1) is 8.17. The maximum absolute atomic E-state index is 11.4. The highest BCUT2D eigenvalue weighted by atomic mass is 79.9. The second-order valence-corrected chi connectivity index (χ2v) is 4.81. The molecule has 17 heavy (non-hydrogen) atoms. The van der Waals surface area contributed by atoms with Gasteiger partial charge in [0.15, 0.2) is 0 Å². The van der Waals surface area contributed by atoms with Crippen molar-refractivity contribution in [1.82, 2.24) is 9.97 Å². The first-order valence-corrected chi connectivity index (χ1v) is 6.39. The van der Waals surface area contributed by atoms with E-state index in [2.05, 4.69) is 25.9 Å². The summed E-state index contributed by atoms with van der Waals surface area (Å²) < 4.78 is 1.01. The van der Waals surface area contributed by atoms with Crippen LogP contribution in [0, 0.1) is 0 Å². The average molecular weight is 314 g/mol. The van der Waals surface area contributed by atoms with Gasteiger partial charge >= 0.3 is 0 Å². The normalized spacial score (nSPS) is 10.5. The summed E-state index contributed by atoms with van der Waals surface area (Å²) >= 11 is 9.08. The van der Waals surface area contributed by atoms with Gasteiger partial charge in [-0.15, -0.1) is 11.6 Å². The second kappa shape index (κ2) is 5.47. The SMILES string of the molecule is O=c1cc(CCl)nc(Cc2cccc(Br)c2)[nH]1. The molecule has 88 valence electrons. The molecule has 1 N–H and O–H groups in total. The Bertz CT molecular complexity index is 583. The van der Waals surface area contributed by atoms with Gasteiger partial charge in [0.2, 0.25) is 0 Å². The molecule has 0 saturated heterocycles. The summed E-state index contributed by atoms with van der Waals surface area (Å²) in [5.74, 6) is 0.876. The number of hydrogen-bond donors (Lipinski definition) is 1. The number of nitrogens with one attached hydrogen (secondary N) is 1. The van der Waals surface area contributed by atoms with E-state index in [-0.39, 0.29) is 11.4 Å². The van der Waals surface area contributed by atoms with Crippen molar-refractivity contribution in [3.63, 3.8) is 0 Å². The monoisotopic (exact) mass is 312 g/mol. The molecule has 2 rings (SSSR count). The van der Waals surface area contributed by atoms with Gasteiger partial charge in [-0.2, -0.15) is 0 Å². The lowest BCUT2D eigenvalue weighted by atomic mass is 10.1. The largest absolute Gasteiger partial charge is 0.310 e. The molecule has 5 heteroatoms. The number of aromatic amines is 1. The van der Waals surface area contributed by atoms with Crippen molar-refractivity contribution < 1.29 is 0 Å². The molecule has 0 aliphatic carbocycles. The van der Waals surface area contributed by atoms with Crippen LogP contribution in [0.25, 0.3) is 0 Å². The minimum atomic E-state index is -0.166. The highest BCUT2D eigenvalue weighted by molar-refractivity contribution is 9.10. The Hall–Kier alpha value is -1.13. The molecule has 0 radical (unpaired) electrons. The van der Waals surface area contributed by atoms with Crippen molar-refractivity contribution in [3.8, 4) is 0 Å². The van der Waals surface area contributed by atoms with E-state index >= 15 is 0 Å². The fraction of sp³-hybridized carbons (Fsp3) is 0.167. The Labute approximate surface area is 112 Å². The molecule has 0 aliphatic heterocycles. The van der Waals surface area contributed by atoms with Gasteiger partial charge in [-0.05, 0) is 17.7 Å². The number of H-pyrrole nitrogens is 1. The molecule has 2 aromatic rings. The Morgan fingerprint density at radius 1 is 1.35 bits per heavy atom. The van der Waals surface area contributed by atoms with Crippen LogP contribution in [-0.2, 0) is 12.3 Å². The Morgan fingerprint density at radius 3 is 2.88 bits per heavy atom. The molecule has 1 heterocycles. The second-order valence-electron chi connectivity index (χ2n) is 3.62. The molecule has 1 aromatic heterocycles. The minimum Gasteiger partial charge on any atom is -0.310 e. The van der Waals surface area contributed by atoms with Gasteiger partial charge in [0.1, 0.15) is 5.82 Å². The quantitative estimate of drug-likeness (QED) is 0.886. The average Bonchev–Trinajstić information content (AvgIpc) is 2.28. The molecule has 1 aromatic carbocycles. The highest BCUT2D eigenvalue weighted by Gasteiger charge is 2.02. The van der Waals surface area contributed by atoms with Gasteiger partial charge in [-0.1, -0.05) is 28.1 Å². The van der Waals surface area contributed by atoms with E-state index in [9.17, 15) is 4.79 Å². The third kappa shape index (κ3) is 3.41. The van der Waals surface area contributed by atoms with Crippen LogP contribution in [0.5, 0.6) is 0 Å². The van der Waals surface area contributed by atoms with Gasteiger partial charge in [0.05, 0.1) is 11.6 Å². The number of halogens is 2. The van der Waals surface area contributed by atoms with E-state index in [0.717, 1.165) is 10.0 Å². The summed E-state index contributed by atoms with van der Waals surface area (Å²) in [6.45, 7) is 0. The smallest absolute Gasteiger partial charge is 0.251 e. The number of benzene rings is 1. The molecule has 0 bridgehead atoms. The first kappa shape index (κ1) is 12.3. The predicted molar refractivity (Wildman–Crippen MR) is 71.4 cm³/mol. The summed E-state index contributed by atoms with van der Waals surface area (Å²) in [7, 11) is 0. The first-order valence-electron chi connectivity index (χ1n) is 5.07. The number of aromatic nitrogens is 2. The summed E-state index contributed by atoms with van der Waals surface area (Å²) in [6.07, 6.45) is 0.583. The number of alkyl halides is 1. The van der Waals surface area contributed by atoms with Crippen LogP contribution in [-0.4, -0.2) is 9.97 Å². The Morgan fingerprint density at radius 2 is 2.18 bits per heavy atom. The molecule has 0 spiro atoms. The number of nitrogens with zero attached hydrogens (tertiary/aromatic N) is 1.